The number of carboxylic acids is 1. The van der Waals surface area contributed by atoms with E-state index in [1.165, 1.54) is 12.1 Å². The minimum absolute atomic E-state index is 0.0917. The summed E-state index contributed by atoms with van der Waals surface area (Å²) >= 11 is 0. The molecule has 0 spiro atoms. The molecule has 0 atom stereocenters. The average Bonchev–Trinajstić information content (AvgIpc) is 2.58. The molecule has 1 rings (SSSR count). The van der Waals surface area contributed by atoms with E-state index >= 15 is 0 Å². The van der Waals surface area contributed by atoms with Crippen molar-refractivity contribution in [2.24, 2.45) is 0 Å². The van der Waals surface area contributed by atoms with Crippen LogP contribution in [-0.2, 0) is 9.59 Å². The van der Waals surface area contributed by atoms with E-state index in [9.17, 15) is 14.4 Å². The standard InChI is InChI=1S/C17H20N4O4/c18-10-13(17(25)20-9-3-1-2-4-15(22)23)11-21-16(24)12-5-7-14(19)8-6-12/h5-8,11H,1-4,9,19H2,(H,20,25)(H,21,24)(H,22,23)/b13-11-. The van der Waals surface area contributed by atoms with E-state index in [4.69, 9.17) is 16.1 Å². The van der Waals surface area contributed by atoms with Crippen LogP contribution in [0.25, 0.3) is 0 Å². The number of amides is 2. The molecule has 1 aromatic rings. The molecular weight excluding hydrogens is 324 g/mol. The highest BCUT2D eigenvalue weighted by atomic mass is 16.4. The molecule has 0 radical (unpaired) electrons. The maximum absolute atomic E-state index is 11.9. The van der Waals surface area contributed by atoms with Crippen LogP contribution in [0.4, 0.5) is 5.69 Å². The minimum atomic E-state index is -0.851. The summed E-state index contributed by atoms with van der Waals surface area (Å²) in [4.78, 5) is 34.1. The first-order chi connectivity index (χ1) is 11.9. The van der Waals surface area contributed by atoms with Crippen molar-refractivity contribution < 1.29 is 19.5 Å². The van der Waals surface area contributed by atoms with Gasteiger partial charge in [-0.05, 0) is 37.1 Å². The summed E-state index contributed by atoms with van der Waals surface area (Å²) in [6.07, 6.45) is 2.94. The highest BCUT2D eigenvalue weighted by Gasteiger charge is 2.10. The minimum Gasteiger partial charge on any atom is -0.481 e. The third kappa shape index (κ3) is 7.65. The Hall–Kier alpha value is -3.34. The summed E-state index contributed by atoms with van der Waals surface area (Å²) in [5, 5.41) is 22.4. The Balaban J connectivity index is 2.43. The van der Waals surface area contributed by atoms with Gasteiger partial charge in [-0.2, -0.15) is 5.26 Å². The van der Waals surface area contributed by atoms with E-state index in [1.54, 1.807) is 18.2 Å². The van der Waals surface area contributed by atoms with Crippen molar-refractivity contribution in [2.75, 3.05) is 12.3 Å². The monoisotopic (exact) mass is 344 g/mol. The van der Waals surface area contributed by atoms with Crippen LogP contribution in [0, 0.1) is 11.3 Å². The molecule has 0 aliphatic carbocycles. The van der Waals surface area contributed by atoms with Crippen molar-refractivity contribution in [3.05, 3.63) is 41.6 Å². The molecule has 0 bridgehead atoms. The fourth-order valence-electron chi connectivity index (χ4n) is 1.88. The van der Waals surface area contributed by atoms with Crippen LogP contribution in [0.3, 0.4) is 0 Å². The largest absolute Gasteiger partial charge is 0.481 e. The SMILES string of the molecule is N#C/C(=C/NC(=O)c1ccc(N)cc1)C(=O)NCCCCCC(=O)O. The predicted octanol–water partition coefficient (Wildman–Crippen LogP) is 1.17. The molecule has 0 saturated heterocycles. The van der Waals surface area contributed by atoms with Gasteiger partial charge in [0.05, 0.1) is 0 Å². The Bertz CT molecular complexity index is 690. The second kappa shape index (κ2) is 10.4. The molecule has 25 heavy (non-hydrogen) atoms. The smallest absolute Gasteiger partial charge is 0.303 e. The predicted molar refractivity (Wildman–Crippen MR) is 91.1 cm³/mol. The number of unbranched alkanes of at least 4 members (excludes halogenated alkanes) is 2. The van der Waals surface area contributed by atoms with Gasteiger partial charge in [0.25, 0.3) is 11.8 Å². The fourth-order valence-corrected chi connectivity index (χ4v) is 1.88. The number of nitrogens with two attached hydrogens (primary N) is 1. The van der Waals surface area contributed by atoms with Gasteiger partial charge in [-0.1, -0.05) is 6.42 Å². The third-order valence-electron chi connectivity index (χ3n) is 3.24. The van der Waals surface area contributed by atoms with Gasteiger partial charge < -0.3 is 21.5 Å². The van der Waals surface area contributed by atoms with Gasteiger partial charge in [-0.25, -0.2) is 0 Å². The summed E-state index contributed by atoms with van der Waals surface area (Å²) in [6, 6.07) is 7.92. The number of anilines is 1. The second-order valence-corrected chi connectivity index (χ2v) is 5.23. The summed E-state index contributed by atoms with van der Waals surface area (Å²) < 4.78 is 0. The molecule has 0 aliphatic heterocycles. The lowest BCUT2D eigenvalue weighted by Crippen LogP contribution is -2.27. The van der Waals surface area contributed by atoms with Crippen molar-refractivity contribution in [3.63, 3.8) is 0 Å². The van der Waals surface area contributed by atoms with Gasteiger partial charge >= 0.3 is 5.97 Å². The van der Waals surface area contributed by atoms with Crippen LogP contribution in [-0.4, -0.2) is 29.4 Å². The molecule has 0 heterocycles. The molecule has 0 aromatic heterocycles. The number of nitrogen functional groups attached to an aromatic ring is 1. The van der Waals surface area contributed by atoms with Crippen LogP contribution in [0.15, 0.2) is 36.0 Å². The lowest BCUT2D eigenvalue weighted by Gasteiger charge is -2.05. The van der Waals surface area contributed by atoms with Crippen molar-refractivity contribution in [3.8, 4) is 6.07 Å². The number of hydrogen-bond donors (Lipinski definition) is 4. The van der Waals surface area contributed by atoms with E-state index in [2.05, 4.69) is 10.6 Å². The number of carbonyl (C=O) groups excluding carboxylic acids is 2. The number of benzene rings is 1. The lowest BCUT2D eigenvalue weighted by molar-refractivity contribution is -0.137. The summed E-state index contributed by atoms with van der Waals surface area (Å²) in [7, 11) is 0. The normalized spacial score (nSPS) is 10.6. The fraction of sp³-hybridized carbons (Fsp3) is 0.294. The highest BCUT2D eigenvalue weighted by Crippen LogP contribution is 2.05. The lowest BCUT2D eigenvalue weighted by atomic mass is 10.2. The van der Waals surface area contributed by atoms with E-state index in [0.717, 1.165) is 6.20 Å². The van der Waals surface area contributed by atoms with Crippen LogP contribution in [0.1, 0.15) is 36.0 Å². The Morgan fingerprint density at radius 3 is 2.44 bits per heavy atom. The molecule has 1 aromatic carbocycles. The topological polar surface area (TPSA) is 145 Å². The van der Waals surface area contributed by atoms with Crippen LogP contribution in [0.5, 0.6) is 0 Å². The van der Waals surface area contributed by atoms with Gasteiger partial charge in [0, 0.05) is 30.4 Å². The van der Waals surface area contributed by atoms with E-state index in [0.29, 0.717) is 37.1 Å². The number of carboxylic acid groups (broad SMARTS) is 1. The molecule has 8 heteroatoms. The molecule has 0 fully saturated rings. The Morgan fingerprint density at radius 1 is 1.16 bits per heavy atom. The van der Waals surface area contributed by atoms with Crippen LogP contribution >= 0.6 is 0 Å². The number of nitrogens with zero attached hydrogens (tertiary/aromatic N) is 1. The van der Waals surface area contributed by atoms with E-state index < -0.39 is 17.8 Å². The molecular formula is C17H20N4O4. The van der Waals surface area contributed by atoms with Gasteiger partial charge in [0.1, 0.15) is 11.6 Å². The maximum Gasteiger partial charge on any atom is 0.303 e. The first kappa shape index (κ1) is 19.7. The first-order valence-electron chi connectivity index (χ1n) is 7.70. The van der Waals surface area contributed by atoms with Crippen LogP contribution in [0.2, 0.25) is 0 Å². The Morgan fingerprint density at radius 2 is 1.84 bits per heavy atom. The summed E-state index contributed by atoms with van der Waals surface area (Å²) in [5.41, 5.74) is 6.18. The quantitative estimate of drug-likeness (QED) is 0.229. The van der Waals surface area contributed by atoms with Gasteiger partial charge in [-0.3, -0.25) is 14.4 Å². The maximum atomic E-state index is 11.9. The number of carbonyl (C=O) groups is 3. The third-order valence-corrected chi connectivity index (χ3v) is 3.24. The number of aliphatic carboxylic acids is 1. The van der Waals surface area contributed by atoms with Crippen molar-refractivity contribution in [1.29, 1.82) is 5.26 Å². The zero-order valence-corrected chi connectivity index (χ0v) is 13.6. The number of rotatable bonds is 9. The Kier molecular flexibility index (Phi) is 8.23. The number of hydrogen-bond acceptors (Lipinski definition) is 5. The average molecular weight is 344 g/mol. The molecule has 132 valence electrons. The van der Waals surface area contributed by atoms with Crippen molar-refractivity contribution in [1.82, 2.24) is 10.6 Å². The molecule has 0 aliphatic rings. The van der Waals surface area contributed by atoms with E-state index in [1.807, 2.05) is 0 Å². The van der Waals surface area contributed by atoms with E-state index in [-0.39, 0.29) is 12.0 Å². The summed E-state index contributed by atoms with van der Waals surface area (Å²) in [6.45, 7) is 0.323. The second-order valence-electron chi connectivity index (χ2n) is 5.23. The zero-order chi connectivity index (χ0) is 18.7. The number of nitriles is 1. The first-order valence-corrected chi connectivity index (χ1v) is 7.70. The van der Waals surface area contributed by atoms with Gasteiger partial charge in [0.2, 0.25) is 0 Å². The number of nitrogens with one attached hydrogen (secondary N) is 2. The molecule has 8 nitrogen and oxygen atoms in total. The van der Waals surface area contributed by atoms with Crippen molar-refractivity contribution >= 4 is 23.5 Å². The molecule has 0 saturated carbocycles. The van der Waals surface area contributed by atoms with Gasteiger partial charge in [-0.15, -0.1) is 0 Å². The Labute approximate surface area is 145 Å². The molecule has 2 amide bonds. The highest BCUT2D eigenvalue weighted by molar-refractivity contribution is 5.99. The molecule has 5 N–H and O–H groups in total. The summed E-state index contributed by atoms with van der Waals surface area (Å²) in [5.74, 6) is -1.91. The van der Waals surface area contributed by atoms with Crippen molar-refractivity contribution in [2.45, 2.75) is 25.7 Å². The van der Waals surface area contributed by atoms with Gasteiger partial charge in [0.15, 0.2) is 0 Å². The molecule has 0 unspecified atom stereocenters. The zero-order valence-electron chi connectivity index (χ0n) is 13.6. The van der Waals surface area contributed by atoms with Crippen LogP contribution < -0.4 is 16.4 Å².